The zero-order chi connectivity index (χ0) is 24.5. The molecule has 1 fully saturated rings. The van der Waals surface area contributed by atoms with Crippen LogP contribution in [0.15, 0.2) is 55.1 Å². The molecule has 0 radical (unpaired) electrons. The number of benzene rings is 2. The molecule has 0 saturated heterocycles. The van der Waals surface area contributed by atoms with Crippen LogP contribution < -0.4 is 21.1 Å². The van der Waals surface area contributed by atoms with Crippen LogP contribution in [0.3, 0.4) is 0 Å². The van der Waals surface area contributed by atoms with Crippen molar-refractivity contribution in [1.82, 2.24) is 9.78 Å². The summed E-state index contributed by atoms with van der Waals surface area (Å²) in [7, 11) is 0. The SMILES string of the molecule is C=CC(=O)Nc1cc(C)ccc1C1CCNc2c(C(N)O)c(-c3ccc(OCC4CC4)cc3)nn21. The van der Waals surface area contributed by atoms with Gasteiger partial charge in [-0.1, -0.05) is 18.7 Å². The van der Waals surface area contributed by atoms with Crippen molar-refractivity contribution >= 4 is 17.4 Å². The molecule has 35 heavy (non-hydrogen) atoms. The van der Waals surface area contributed by atoms with Gasteiger partial charge in [0.15, 0.2) is 0 Å². The van der Waals surface area contributed by atoms with E-state index in [0.29, 0.717) is 29.5 Å². The van der Waals surface area contributed by atoms with Gasteiger partial charge in [-0.2, -0.15) is 5.10 Å². The van der Waals surface area contributed by atoms with Gasteiger partial charge in [-0.15, -0.1) is 0 Å². The number of rotatable bonds is 8. The van der Waals surface area contributed by atoms with Crippen LogP contribution in [0.4, 0.5) is 11.5 Å². The van der Waals surface area contributed by atoms with Gasteiger partial charge in [0, 0.05) is 23.4 Å². The van der Waals surface area contributed by atoms with E-state index in [4.69, 9.17) is 15.6 Å². The molecule has 5 N–H and O–H groups in total. The first-order chi connectivity index (χ1) is 16.9. The molecule has 1 aliphatic heterocycles. The van der Waals surface area contributed by atoms with E-state index in [1.807, 2.05) is 54.1 Å². The second-order valence-electron chi connectivity index (χ2n) is 9.29. The molecule has 0 bridgehead atoms. The number of hydrogen-bond acceptors (Lipinski definition) is 6. The zero-order valence-corrected chi connectivity index (χ0v) is 19.8. The number of aryl methyl sites for hydroxylation is 1. The molecule has 8 nitrogen and oxygen atoms in total. The van der Waals surface area contributed by atoms with E-state index in [2.05, 4.69) is 17.2 Å². The number of aliphatic hydroxyl groups is 1. The van der Waals surface area contributed by atoms with E-state index >= 15 is 0 Å². The molecule has 1 amide bonds. The van der Waals surface area contributed by atoms with Crippen LogP contribution in [0.2, 0.25) is 0 Å². The van der Waals surface area contributed by atoms with Crippen LogP contribution in [0, 0.1) is 12.8 Å². The second kappa shape index (κ2) is 9.56. The summed E-state index contributed by atoms with van der Waals surface area (Å²) < 4.78 is 7.74. The minimum atomic E-state index is -1.20. The molecule has 2 atom stereocenters. The van der Waals surface area contributed by atoms with Crippen LogP contribution in [0.1, 0.15) is 48.2 Å². The second-order valence-corrected chi connectivity index (χ2v) is 9.29. The molecule has 2 unspecified atom stereocenters. The normalized spacial score (nSPS) is 17.7. The average molecular weight is 474 g/mol. The molecule has 8 heteroatoms. The van der Waals surface area contributed by atoms with Crippen molar-refractivity contribution in [3.05, 3.63) is 71.8 Å². The lowest BCUT2D eigenvalue weighted by atomic mass is 9.98. The number of nitrogens with zero attached hydrogens (tertiary/aromatic N) is 2. The van der Waals surface area contributed by atoms with Crippen LogP contribution in [0.5, 0.6) is 5.75 Å². The molecule has 0 spiro atoms. The zero-order valence-electron chi connectivity index (χ0n) is 19.8. The maximum atomic E-state index is 12.1. The fraction of sp³-hybridized carbons (Fsp3) is 0.333. The molecule has 2 aliphatic rings. The number of carbonyl (C=O) groups is 1. The minimum Gasteiger partial charge on any atom is -0.493 e. The number of amides is 1. The first-order valence-electron chi connectivity index (χ1n) is 12.0. The summed E-state index contributed by atoms with van der Waals surface area (Å²) in [6, 6.07) is 13.6. The number of hydrogen-bond donors (Lipinski definition) is 4. The molecule has 1 saturated carbocycles. The summed E-state index contributed by atoms with van der Waals surface area (Å²) in [5.74, 6) is 1.91. The third-order valence-corrected chi connectivity index (χ3v) is 6.57. The summed E-state index contributed by atoms with van der Waals surface area (Å²) in [6.45, 7) is 6.97. The maximum Gasteiger partial charge on any atom is 0.247 e. The number of nitrogens with two attached hydrogens (primary N) is 1. The lowest BCUT2D eigenvalue weighted by Gasteiger charge is -2.28. The largest absolute Gasteiger partial charge is 0.493 e. The quantitative estimate of drug-likeness (QED) is 0.289. The Hall–Kier alpha value is -3.62. The molecule has 1 aliphatic carbocycles. The molecule has 5 rings (SSSR count). The van der Waals surface area contributed by atoms with Gasteiger partial charge in [0.05, 0.1) is 18.2 Å². The Morgan fingerprint density at radius 2 is 2.09 bits per heavy atom. The minimum absolute atomic E-state index is 0.153. The third kappa shape index (κ3) is 4.80. The predicted octanol–water partition coefficient (Wildman–Crippen LogP) is 4.13. The number of anilines is 2. The van der Waals surface area contributed by atoms with Gasteiger partial charge < -0.3 is 26.2 Å². The Morgan fingerprint density at radius 3 is 2.77 bits per heavy atom. The molecule has 2 aromatic carbocycles. The van der Waals surface area contributed by atoms with E-state index < -0.39 is 6.23 Å². The van der Waals surface area contributed by atoms with Gasteiger partial charge in [0.25, 0.3) is 0 Å². The first kappa shape index (κ1) is 23.1. The highest BCUT2D eigenvalue weighted by atomic mass is 16.5. The average Bonchev–Trinajstić information content (AvgIpc) is 3.60. The fourth-order valence-electron chi connectivity index (χ4n) is 4.54. The lowest BCUT2D eigenvalue weighted by Crippen LogP contribution is -2.26. The summed E-state index contributed by atoms with van der Waals surface area (Å²) in [6.07, 6.45) is 3.28. The Morgan fingerprint density at radius 1 is 1.31 bits per heavy atom. The van der Waals surface area contributed by atoms with Gasteiger partial charge in [0.2, 0.25) is 5.91 Å². The Labute approximate surface area is 204 Å². The van der Waals surface area contributed by atoms with Gasteiger partial charge in [-0.25, -0.2) is 4.68 Å². The summed E-state index contributed by atoms with van der Waals surface area (Å²) >= 11 is 0. The van der Waals surface area contributed by atoms with Crippen molar-refractivity contribution < 1.29 is 14.6 Å². The van der Waals surface area contributed by atoms with E-state index in [-0.39, 0.29) is 11.9 Å². The molecule has 182 valence electrons. The van der Waals surface area contributed by atoms with Gasteiger partial charge >= 0.3 is 0 Å². The van der Waals surface area contributed by atoms with Gasteiger partial charge in [-0.05, 0) is 74.1 Å². The first-order valence-corrected chi connectivity index (χ1v) is 12.0. The highest BCUT2D eigenvalue weighted by Crippen LogP contribution is 2.41. The van der Waals surface area contributed by atoms with Crippen molar-refractivity contribution in [2.24, 2.45) is 11.7 Å². The number of fused-ring (bicyclic) bond motifs is 1. The summed E-state index contributed by atoms with van der Waals surface area (Å²) in [5, 5.41) is 21.7. The maximum absolute atomic E-state index is 12.1. The van der Waals surface area contributed by atoms with E-state index in [1.165, 1.54) is 18.9 Å². The van der Waals surface area contributed by atoms with Crippen molar-refractivity contribution in [1.29, 1.82) is 0 Å². The monoisotopic (exact) mass is 473 g/mol. The van der Waals surface area contributed by atoms with E-state index in [9.17, 15) is 9.90 Å². The molecule has 2 heterocycles. The Kier molecular flexibility index (Phi) is 6.32. The van der Waals surface area contributed by atoms with Crippen LogP contribution >= 0.6 is 0 Å². The van der Waals surface area contributed by atoms with Gasteiger partial charge in [-0.3, -0.25) is 4.79 Å². The number of carbonyl (C=O) groups excluding carboxylic acids is 1. The number of nitrogens with one attached hydrogen (secondary N) is 2. The highest BCUT2D eigenvalue weighted by molar-refractivity contribution is 5.99. The van der Waals surface area contributed by atoms with Gasteiger partial charge in [0.1, 0.15) is 23.5 Å². The summed E-state index contributed by atoms with van der Waals surface area (Å²) in [5.41, 5.74) is 10.7. The Bertz CT molecular complexity index is 1240. The highest BCUT2D eigenvalue weighted by Gasteiger charge is 2.31. The van der Waals surface area contributed by atoms with Crippen LogP contribution in [0.25, 0.3) is 11.3 Å². The smallest absolute Gasteiger partial charge is 0.247 e. The fourth-order valence-corrected chi connectivity index (χ4v) is 4.54. The number of ether oxygens (including phenoxy) is 1. The molecular formula is C27H31N5O3. The number of aliphatic hydroxyl groups excluding tert-OH is 1. The van der Waals surface area contributed by atoms with Crippen LogP contribution in [-0.2, 0) is 4.79 Å². The number of aromatic nitrogens is 2. The van der Waals surface area contributed by atoms with Crippen LogP contribution in [-0.4, -0.2) is 33.9 Å². The van der Waals surface area contributed by atoms with E-state index in [0.717, 1.165) is 41.2 Å². The van der Waals surface area contributed by atoms with Crippen molar-refractivity contribution in [2.45, 2.75) is 38.5 Å². The standard InChI is InChI=1S/C27H31N5O3/c1-3-23(33)30-21-14-16(2)4-11-20(21)22-12-13-29-27-24(26(28)34)25(31-32(22)27)18-7-9-19(10-8-18)35-15-17-5-6-17/h3-4,7-11,14,17,22,26,29,34H,1,5-6,12-13,15,28H2,2H3,(H,30,33). The topological polar surface area (TPSA) is 114 Å². The lowest BCUT2D eigenvalue weighted by molar-refractivity contribution is -0.111. The summed E-state index contributed by atoms with van der Waals surface area (Å²) in [4.78, 5) is 12.1. The molecular weight excluding hydrogens is 442 g/mol. The third-order valence-electron chi connectivity index (χ3n) is 6.57. The van der Waals surface area contributed by atoms with Crippen molar-refractivity contribution in [3.63, 3.8) is 0 Å². The predicted molar refractivity (Wildman–Crippen MR) is 136 cm³/mol. The molecule has 1 aromatic heterocycles. The van der Waals surface area contributed by atoms with E-state index in [1.54, 1.807) is 0 Å². The van der Waals surface area contributed by atoms with Crippen molar-refractivity contribution in [3.8, 4) is 17.0 Å². The van der Waals surface area contributed by atoms with Crippen molar-refractivity contribution in [2.75, 3.05) is 23.8 Å². The molecule has 3 aromatic rings. The Balaban J connectivity index is 1.53.